The predicted octanol–water partition coefficient (Wildman–Crippen LogP) is 0.950. The fourth-order valence-electron chi connectivity index (χ4n) is 2.10. The van der Waals surface area contributed by atoms with Gasteiger partial charge in [-0.2, -0.15) is 0 Å². The lowest BCUT2D eigenvalue weighted by Crippen LogP contribution is -2.20. The molecule has 8 nitrogen and oxygen atoms in total. The molecule has 1 heterocycles. The number of nitro groups is 1. The Morgan fingerprint density at radius 3 is 2.63 bits per heavy atom. The Labute approximate surface area is 106 Å². The van der Waals surface area contributed by atoms with Crippen LogP contribution >= 0.6 is 0 Å². The van der Waals surface area contributed by atoms with E-state index in [4.69, 9.17) is 5.11 Å². The van der Waals surface area contributed by atoms with Crippen LogP contribution in [0.4, 0.5) is 5.69 Å². The van der Waals surface area contributed by atoms with Crippen molar-refractivity contribution in [1.82, 2.24) is 5.32 Å². The topological polar surface area (TPSA) is 130 Å². The standard InChI is InChI=1S/C11H10N2O6/c14-8-4-2-6(12-8)9-7(13(18)19)3-1-5(10(9)15)11(16)17/h1,3,6,15H,2,4H2,(H,12,14)(H,16,17)/t6-/m0/s1. The van der Waals surface area contributed by atoms with E-state index in [1.165, 1.54) is 0 Å². The van der Waals surface area contributed by atoms with Gasteiger partial charge in [-0.15, -0.1) is 0 Å². The summed E-state index contributed by atoms with van der Waals surface area (Å²) >= 11 is 0. The Morgan fingerprint density at radius 1 is 1.47 bits per heavy atom. The molecule has 0 unspecified atom stereocenters. The molecule has 0 spiro atoms. The van der Waals surface area contributed by atoms with E-state index in [0.717, 1.165) is 12.1 Å². The molecule has 1 atom stereocenters. The molecule has 1 saturated heterocycles. The van der Waals surface area contributed by atoms with Crippen molar-refractivity contribution >= 4 is 17.6 Å². The smallest absolute Gasteiger partial charge is 0.339 e. The highest BCUT2D eigenvalue weighted by Crippen LogP contribution is 2.39. The van der Waals surface area contributed by atoms with Gasteiger partial charge in [0.1, 0.15) is 11.3 Å². The van der Waals surface area contributed by atoms with Gasteiger partial charge >= 0.3 is 5.97 Å². The number of aromatic carboxylic acids is 1. The molecule has 0 aromatic heterocycles. The van der Waals surface area contributed by atoms with Crippen molar-refractivity contribution < 1.29 is 24.7 Å². The minimum atomic E-state index is -1.39. The van der Waals surface area contributed by atoms with Gasteiger partial charge in [0.25, 0.3) is 5.69 Å². The number of nitrogens with one attached hydrogen (secondary N) is 1. The van der Waals surface area contributed by atoms with Crippen molar-refractivity contribution in [1.29, 1.82) is 0 Å². The number of phenols is 1. The summed E-state index contributed by atoms with van der Waals surface area (Å²) in [6.07, 6.45) is 0.453. The van der Waals surface area contributed by atoms with Gasteiger partial charge in [-0.25, -0.2) is 4.79 Å². The second kappa shape index (κ2) is 4.56. The molecule has 1 aliphatic rings. The van der Waals surface area contributed by atoms with Crippen LogP contribution in [0.1, 0.15) is 34.8 Å². The maximum Gasteiger partial charge on any atom is 0.339 e. The molecule has 19 heavy (non-hydrogen) atoms. The number of nitrogens with zero attached hydrogens (tertiary/aromatic N) is 1. The van der Waals surface area contributed by atoms with Gasteiger partial charge in [-0.3, -0.25) is 14.9 Å². The van der Waals surface area contributed by atoms with Gasteiger partial charge in [0.15, 0.2) is 0 Å². The van der Waals surface area contributed by atoms with E-state index in [9.17, 15) is 24.8 Å². The number of rotatable bonds is 3. The third kappa shape index (κ3) is 2.19. The lowest BCUT2D eigenvalue weighted by molar-refractivity contribution is -0.385. The van der Waals surface area contributed by atoms with Crippen LogP contribution in [-0.2, 0) is 4.79 Å². The van der Waals surface area contributed by atoms with Gasteiger partial charge in [0.2, 0.25) is 5.91 Å². The van der Waals surface area contributed by atoms with E-state index in [0.29, 0.717) is 0 Å². The molecular formula is C11H10N2O6. The molecule has 1 fully saturated rings. The second-order valence-electron chi connectivity index (χ2n) is 4.12. The number of hydrogen-bond acceptors (Lipinski definition) is 5. The van der Waals surface area contributed by atoms with E-state index in [1.54, 1.807) is 0 Å². The normalized spacial score (nSPS) is 18.1. The van der Waals surface area contributed by atoms with Crippen molar-refractivity contribution in [2.75, 3.05) is 0 Å². The van der Waals surface area contributed by atoms with Crippen molar-refractivity contribution in [3.63, 3.8) is 0 Å². The Balaban J connectivity index is 2.60. The van der Waals surface area contributed by atoms with Gasteiger partial charge < -0.3 is 15.5 Å². The zero-order valence-corrected chi connectivity index (χ0v) is 9.62. The number of aromatic hydroxyl groups is 1. The highest BCUT2D eigenvalue weighted by molar-refractivity contribution is 5.92. The second-order valence-corrected chi connectivity index (χ2v) is 4.12. The minimum absolute atomic E-state index is 0.157. The van der Waals surface area contributed by atoms with Crippen LogP contribution in [0.25, 0.3) is 0 Å². The molecule has 1 amide bonds. The van der Waals surface area contributed by atoms with Crippen LogP contribution in [0, 0.1) is 10.1 Å². The molecule has 0 aliphatic carbocycles. The molecule has 2 rings (SSSR count). The largest absolute Gasteiger partial charge is 0.506 e. The van der Waals surface area contributed by atoms with Gasteiger partial charge in [0, 0.05) is 12.5 Å². The Bertz CT molecular complexity index is 583. The molecule has 3 N–H and O–H groups in total. The molecule has 1 aliphatic heterocycles. The van der Waals surface area contributed by atoms with Crippen LogP contribution < -0.4 is 5.32 Å². The van der Waals surface area contributed by atoms with Crippen LogP contribution in [0.2, 0.25) is 0 Å². The zero-order chi connectivity index (χ0) is 14.2. The first-order valence-electron chi connectivity index (χ1n) is 5.44. The van der Waals surface area contributed by atoms with Crippen LogP contribution in [-0.4, -0.2) is 27.0 Å². The number of nitro benzene ring substituents is 1. The van der Waals surface area contributed by atoms with Crippen molar-refractivity contribution in [3.05, 3.63) is 33.4 Å². The summed E-state index contributed by atoms with van der Waals surface area (Å²) in [5.41, 5.74) is -0.993. The Hall–Kier alpha value is -2.64. The average Bonchev–Trinajstić information content (AvgIpc) is 2.74. The molecule has 0 radical (unpaired) electrons. The first kappa shape index (κ1) is 12.8. The lowest BCUT2D eigenvalue weighted by atomic mass is 9.98. The summed E-state index contributed by atoms with van der Waals surface area (Å²) in [4.78, 5) is 32.3. The predicted molar refractivity (Wildman–Crippen MR) is 61.8 cm³/mol. The number of carbonyl (C=O) groups is 2. The van der Waals surface area contributed by atoms with Crippen molar-refractivity contribution in [2.45, 2.75) is 18.9 Å². The number of hydrogen-bond donors (Lipinski definition) is 3. The number of carboxylic acid groups (broad SMARTS) is 1. The molecule has 1 aromatic rings. The monoisotopic (exact) mass is 266 g/mol. The summed E-state index contributed by atoms with van der Waals surface area (Å²) in [5, 5.41) is 32.2. The Morgan fingerprint density at radius 2 is 2.16 bits per heavy atom. The van der Waals surface area contributed by atoms with E-state index in [1.807, 2.05) is 0 Å². The fourth-order valence-corrected chi connectivity index (χ4v) is 2.10. The first-order chi connectivity index (χ1) is 8.91. The highest BCUT2D eigenvalue weighted by Gasteiger charge is 2.33. The number of carbonyl (C=O) groups excluding carboxylic acids is 1. The van der Waals surface area contributed by atoms with Crippen molar-refractivity contribution in [2.24, 2.45) is 0 Å². The highest BCUT2D eigenvalue weighted by atomic mass is 16.6. The lowest BCUT2D eigenvalue weighted by Gasteiger charge is -2.14. The summed E-state index contributed by atoms with van der Waals surface area (Å²) in [6, 6.07) is 1.24. The summed E-state index contributed by atoms with van der Waals surface area (Å²) < 4.78 is 0. The summed E-state index contributed by atoms with van der Waals surface area (Å²) in [7, 11) is 0. The minimum Gasteiger partial charge on any atom is -0.506 e. The van der Waals surface area contributed by atoms with Crippen LogP contribution in [0.5, 0.6) is 5.75 Å². The molecule has 0 bridgehead atoms. The van der Waals surface area contributed by atoms with E-state index >= 15 is 0 Å². The third-order valence-electron chi connectivity index (χ3n) is 2.96. The van der Waals surface area contributed by atoms with Crippen LogP contribution in [0.3, 0.4) is 0 Å². The molecule has 1 aromatic carbocycles. The molecule has 100 valence electrons. The van der Waals surface area contributed by atoms with Crippen molar-refractivity contribution in [3.8, 4) is 5.75 Å². The maximum atomic E-state index is 11.2. The SMILES string of the molecule is O=C1CC[C@@H](c2c([N+](=O)[O-])ccc(C(=O)O)c2O)N1. The van der Waals surface area contributed by atoms with Crippen LogP contribution in [0.15, 0.2) is 12.1 Å². The maximum absolute atomic E-state index is 11.2. The van der Waals surface area contributed by atoms with Gasteiger partial charge in [-0.1, -0.05) is 0 Å². The molecule has 0 saturated carbocycles. The quantitative estimate of drug-likeness (QED) is 0.551. The Kier molecular flexibility index (Phi) is 3.07. The number of amides is 1. The molecular weight excluding hydrogens is 256 g/mol. The van der Waals surface area contributed by atoms with Gasteiger partial charge in [-0.05, 0) is 12.5 Å². The third-order valence-corrected chi connectivity index (χ3v) is 2.96. The van der Waals surface area contributed by atoms with E-state index < -0.39 is 33.9 Å². The van der Waals surface area contributed by atoms with E-state index in [-0.39, 0.29) is 24.3 Å². The van der Waals surface area contributed by atoms with E-state index in [2.05, 4.69) is 5.32 Å². The van der Waals surface area contributed by atoms with Gasteiger partial charge in [0.05, 0.1) is 16.5 Å². The molecule has 8 heteroatoms. The average molecular weight is 266 g/mol. The summed E-state index contributed by atoms with van der Waals surface area (Å²) in [5.74, 6) is -2.36. The number of benzene rings is 1. The zero-order valence-electron chi connectivity index (χ0n) is 9.62. The first-order valence-corrected chi connectivity index (χ1v) is 5.44. The number of carboxylic acids is 1. The fraction of sp³-hybridized carbons (Fsp3) is 0.273. The summed E-state index contributed by atoms with van der Waals surface area (Å²) in [6.45, 7) is 0.